The van der Waals surface area contributed by atoms with E-state index in [2.05, 4.69) is 10.1 Å². The number of ether oxygens (including phenoxy) is 3. The van der Waals surface area contributed by atoms with Gasteiger partial charge in [0.2, 0.25) is 5.91 Å². The highest BCUT2D eigenvalue weighted by Crippen LogP contribution is 2.31. The second kappa shape index (κ2) is 10.6. The Morgan fingerprint density at radius 1 is 1.21 bits per heavy atom. The maximum atomic E-state index is 12.8. The van der Waals surface area contributed by atoms with E-state index in [-0.39, 0.29) is 23.8 Å². The molecular weight excluding hydrogens is 438 g/mol. The van der Waals surface area contributed by atoms with Crippen LogP contribution in [-0.4, -0.2) is 44.2 Å². The van der Waals surface area contributed by atoms with Crippen molar-refractivity contribution in [1.82, 2.24) is 0 Å². The molecule has 0 saturated carbocycles. The van der Waals surface area contributed by atoms with Crippen molar-refractivity contribution >= 4 is 35.2 Å². The third kappa shape index (κ3) is 6.06. The monoisotopic (exact) mass is 460 g/mol. The van der Waals surface area contributed by atoms with Crippen LogP contribution in [0.5, 0.6) is 11.5 Å². The summed E-state index contributed by atoms with van der Waals surface area (Å²) in [6, 6.07) is 10.6. The van der Waals surface area contributed by atoms with Crippen LogP contribution in [0, 0.1) is 0 Å². The fraction of sp³-hybridized carbons (Fsp3) is 0.261. The number of nitrogens with one attached hydrogen (secondary N) is 1. The summed E-state index contributed by atoms with van der Waals surface area (Å²) in [6.07, 6.45) is 2.58. The predicted molar refractivity (Wildman–Crippen MR) is 116 cm³/mol. The molecule has 1 atom stereocenters. The first kappa shape index (κ1) is 23.7. The van der Waals surface area contributed by atoms with Crippen LogP contribution in [0.2, 0.25) is 0 Å². The molecule has 8 nitrogen and oxygen atoms in total. The van der Waals surface area contributed by atoms with Gasteiger partial charge in [-0.15, -0.1) is 0 Å². The maximum absolute atomic E-state index is 12.8. The number of benzene rings is 2. The number of esters is 1. The van der Waals surface area contributed by atoms with Crippen molar-refractivity contribution < 1.29 is 37.4 Å². The summed E-state index contributed by atoms with van der Waals surface area (Å²) in [7, 11) is 1.30. The minimum atomic E-state index is -3.00. The van der Waals surface area contributed by atoms with Crippen LogP contribution in [0.4, 0.5) is 20.2 Å². The first-order valence-corrected chi connectivity index (χ1v) is 9.97. The first-order valence-electron chi connectivity index (χ1n) is 9.97. The SMILES string of the molecule is COc1cc(/C=C/C(=O)OCC(=O)N2c3ccccc3NC(=O)CC2C)ccc1OC(F)F. The fourth-order valence-corrected chi connectivity index (χ4v) is 3.36. The Morgan fingerprint density at radius 3 is 2.70 bits per heavy atom. The minimum absolute atomic E-state index is 0.0676. The van der Waals surface area contributed by atoms with Gasteiger partial charge in [-0.3, -0.25) is 9.59 Å². The van der Waals surface area contributed by atoms with Crippen molar-refractivity contribution in [2.45, 2.75) is 26.0 Å². The van der Waals surface area contributed by atoms with Crippen LogP contribution in [0.15, 0.2) is 48.5 Å². The Bertz CT molecular complexity index is 1070. The molecule has 174 valence electrons. The van der Waals surface area contributed by atoms with Crippen LogP contribution in [0.25, 0.3) is 6.08 Å². The average molecular weight is 460 g/mol. The van der Waals surface area contributed by atoms with Crippen molar-refractivity contribution in [3.8, 4) is 11.5 Å². The quantitative estimate of drug-likeness (QED) is 0.501. The zero-order valence-electron chi connectivity index (χ0n) is 17.9. The zero-order chi connectivity index (χ0) is 24.0. The van der Waals surface area contributed by atoms with Crippen molar-refractivity contribution in [3.05, 3.63) is 54.1 Å². The summed E-state index contributed by atoms with van der Waals surface area (Å²) in [4.78, 5) is 38.4. The summed E-state index contributed by atoms with van der Waals surface area (Å²) in [5.41, 5.74) is 1.49. The largest absolute Gasteiger partial charge is 0.493 e. The second-order valence-corrected chi connectivity index (χ2v) is 7.11. The van der Waals surface area contributed by atoms with E-state index in [0.29, 0.717) is 16.9 Å². The number of fused-ring (bicyclic) bond motifs is 1. The lowest BCUT2D eigenvalue weighted by Crippen LogP contribution is -2.41. The molecule has 1 heterocycles. The minimum Gasteiger partial charge on any atom is -0.493 e. The highest BCUT2D eigenvalue weighted by Gasteiger charge is 2.29. The van der Waals surface area contributed by atoms with E-state index in [0.717, 1.165) is 6.08 Å². The first-order chi connectivity index (χ1) is 15.8. The number of anilines is 2. The molecular formula is C23H22F2N2O6. The summed E-state index contributed by atoms with van der Waals surface area (Å²) in [5, 5.41) is 2.75. The van der Waals surface area contributed by atoms with Gasteiger partial charge in [-0.05, 0) is 42.8 Å². The lowest BCUT2D eigenvalue weighted by atomic mass is 10.1. The number of halogens is 2. The molecule has 0 aromatic heterocycles. The fourth-order valence-electron chi connectivity index (χ4n) is 3.36. The third-order valence-electron chi connectivity index (χ3n) is 4.78. The molecule has 1 unspecified atom stereocenters. The Labute approximate surface area is 188 Å². The Balaban J connectivity index is 1.64. The lowest BCUT2D eigenvalue weighted by molar-refractivity contribution is -0.143. The Morgan fingerprint density at radius 2 is 1.97 bits per heavy atom. The predicted octanol–water partition coefficient (Wildman–Crippen LogP) is 3.62. The van der Waals surface area contributed by atoms with Crippen LogP contribution in [0.3, 0.4) is 0 Å². The van der Waals surface area contributed by atoms with Crippen LogP contribution in [-0.2, 0) is 19.1 Å². The molecule has 33 heavy (non-hydrogen) atoms. The molecule has 2 aromatic carbocycles. The Hall–Kier alpha value is -3.95. The zero-order valence-corrected chi connectivity index (χ0v) is 17.9. The van der Waals surface area contributed by atoms with Gasteiger partial charge < -0.3 is 24.4 Å². The number of alkyl halides is 2. The number of carbonyl (C=O) groups excluding carboxylic acids is 3. The van der Waals surface area contributed by atoms with E-state index in [1.54, 1.807) is 31.2 Å². The number of para-hydroxylation sites is 2. The van der Waals surface area contributed by atoms with Crippen LogP contribution < -0.4 is 19.7 Å². The van der Waals surface area contributed by atoms with Gasteiger partial charge in [0.15, 0.2) is 18.1 Å². The molecule has 0 aliphatic carbocycles. The smallest absolute Gasteiger partial charge is 0.387 e. The van der Waals surface area contributed by atoms with Gasteiger partial charge in [0.1, 0.15) is 0 Å². The highest BCUT2D eigenvalue weighted by atomic mass is 19.3. The molecule has 1 N–H and O–H groups in total. The number of hydrogen-bond acceptors (Lipinski definition) is 6. The molecule has 1 aliphatic heterocycles. The number of rotatable bonds is 7. The molecule has 0 bridgehead atoms. The normalized spacial score (nSPS) is 15.6. The molecule has 2 aromatic rings. The van der Waals surface area contributed by atoms with Crippen molar-refractivity contribution in [3.63, 3.8) is 0 Å². The molecule has 2 amide bonds. The third-order valence-corrected chi connectivity index (χ3v) is 4.78. The molecule has 10 heteroatoms. The Kier molecular flexibility index (Phi) is 7.60. The maximum Gasteiger partial charge on any atom is 0.387 e. The van der Waals surface area contributed by atoms with E-state index in [1.807, 2.05) is 0 Å². The van der Waals surface area contributed by atoms with E-state index < -0.39 is 31.1 Å². The lowest BCUT2D eigenvalue weighted by Gasteiger charge is -2.27. The molecule has 0 spiro atoms. The van der Waals surface area contributed by atoms with E-state index in [1.165, 1.54) is 36.3 Å². The van der Waals surface area contributed by atoms with Gasteiger partial charge in [0.25, 0.3) is 5.91 Å². The number of hydrogen-bond donors (Lipinski definition) is 1. The van der Waals surface area contributed by atoms with E-state index >= 15 is 0 Å². The highest BCUT2D eigenvalue weighted by molar-refractivity contribution is 6.05. The topological polar surface area (TPSA) is 94.2 Å². The molecule has 0 saturated heterocycles. The molecule has 3 rings (SSSR count). The molecule has 0 fully saturated rings. The average Bonchev–Trinajstić information content (AvgIpc) is 2.90. The van der Waals surface area contributed by atoms with Crippen LogP contribution >= 0.6 is 0 Å². The van der Waals surface area contributed by atoms with Gasteiger partial charge in [-0.2, -0.15) is 8.78 Å². The van der Waals surface area contributed by atoms with Gasteiger partial charge in [-0.1, -0.05) is 18.2 Å². The van der Waals surface area contributed by atoms with Crippen molar-refractivity contribution in [1.29, 1.82) is 0 Å². The number of carbonyl (C=O) groups is 3. The summed E-state index contributed by atoms with van der Waals surface area (Å²) in [6.45, 7) is -1.79. The summed E-state index contributed by atoms with van der Waals surface area (Å²) < 4.78 is 39.3. The van der Waals surface area contributed by atoms with Gasteiger partial charge >= 0.3 is 12.6 Å². The van der Waals surface area contributed by atoms with Crippen molar-refractivity contribution in [2.75, 3.05) is 23.9 Å². The summed E-state index contributed by atoms with van der Waals surface area (Å²) in [5.74, 6) is -1.55. The molecule has 1 aliphatic rings. The number of amides is 2. The van der Waals surface area contributed by atoms with Crippen LogP contribution in [0.1, 0.15) is 18.9 Å². The number of methoxy groups -OCH3 is 1. The summed E-state index contributed by atoms with van der Waals surface area (Å²) >= 11 is 0. The van der Waals surface area contributed by atoms with E-state index in [4.69, 9.17) is 9.47 Å². The standard InChI is InChI=1S/C23H22F2N2O6/c1-14-11-20(28)26-16-5-3-4-6-17(16)27(14)21(29)13-32-22(30)10-8-15-7-9-18(33-23(24)25)19(12-15)31-2/h3-10,12,14,23H,11,13H2,1-2H3,(H,26,28)/b10-8+. The second-order valence-electron chi connectivity index (χ2n) is 7.11. The molecule has 0 radical (unpaired) electrons. The number of nitrogens with zero attached hydrogens (tertiary/aromatic N) is 1. The van der Waals surface area contributed by atoms with E-state index in [9.17, 15) is 23.2 Å². The van der Waals surface area contributed by atoms with Gasteiger partial charge in [0, 0.05) is 18.5 Å². The van der Waals surface area contributed by atoms with Gasteiger partial charge in [-0.25, -0.2) is 4.79 Å². The van der Waals surface area contributed by atoms with Gasteiger partial charge in [0.05, 0.1) is 18.5 Å². The van der Waals surface area contributed by atoms with Crippen molar-refractivity contribution in [2.24, 2.45) is 0 Å².